The highest BCUT2D eigenvalue weighted by molar-refractivity contribution is 7.80. The Morgan fingerprint density at radius 3 is 2.19 bits per heavy atom. The monoisotopic (exact) mass is 455 g/mol. The molecular weight excluding hydrogens is 426 g/mol. The molecule has 3 N–H and O–H groups in total. The average Bonchev–Trinajstić information content (AvgIpc) is 2.76. The summed E-state index contributed by atoms with van der Waals surface area (Å²) >= 11 is 5.00. The van der Waals surface area contributed by atoms with Gasteiger partial charge >= 0.3 is 5.97 Å². The van der Waals surface area contributed by atoms with Crippen molar-refractivity contribution in [3.63, 3.8) is 0 Å². The first-order valence-corrected chi connectivity index (χ1v) is 10.8. The lowest BCUT2D eigenvalue weighted by atomic mass is 9.87. The Morgan fingerprint density at radius 1 is 0.906 bits per heavy atom. The first-order chi connectivity index (χ1) is 15.1. The highest BCUT2D eigenvalue weighted by Crippen LogP contribution is 2.22. The van der Waals surface area contributed by atoms with E-state index < -0.39 is 11.9 Å². The Morgan fingerprint density at radius 2 is 1.56 bits per heavy atom. The second-order valence-corrected chi connectivity index (χ2v) is 8.65. The fourth-order valence-electron chi connectivity index (χ4n) is 2.74. The summed E-state index contributed by atoms with van der Waals surface area (Å²) < 4.78 is 5.13. The van der Waals surface area contributed by atoms with Crippen molar-refractivity contribution in [2.24, 2.45) is 0 Å². The molecule has 0 atom stereocenters. The lowest BCUT2D eigenvalue weighted by Gasteiger charge is -2.19. The molecule has 0 saturated heterocycles. The number of nitrogens with one attached hydrogen (secondary N) is 3. The maximum Gasteiger partial charge on any atom is 0.306 e. The van der Waals surface area contributed by atoms with Crippen molar-refractivity contribution < 1.29 is 19.1 Å². The number of benzene rings is 2. The van der Waals surface area contributed by atoms with E-state index in [9.17, 15) is 14.4 Å². The molecule has 0 heterocycles. The number of hydrazine groups is 1. The molecule has 0 saturated carbocycles. The molecule has 2 rings (SSSR count). The maximum atomic E-state index is 12.2. The minimum atomic E-state index is -0.457. The van der Waals surface area contributed by atoms with Crippen LogP contribution in [0.5, 0.6) is 0 Å². The predicted octanol–water partition coefficient (Wildman–Crippen LogP) is 3.19. The SMILES string of the molecule is CC(C)(C)c1ccc(C(=O)NNC(=S)NC(=O)CCC(=O)OCCc2ccccc2)cc1. The van der Waals surface area contributed by atoms with Gasteiger partial charge in [0.2, 0.25) is 5.91 Å². The van der Waals surface area contributed by atoms with E-state index >= 15 is 0 Å². The molecule has 2 aromatic rings. The second-order valence-electron chi connectivity index (χ2n) is 8.24. The van der Waals surface area contributed by atoms with Gasteiger partial charge in [0.05, 0.1) is 13.0 Å². The van der Waals surface area contributed by atoms with E-state index in [1.807, 2.05) is 42.5 Å². The van der Waals surface area contributed by atoms with Crippen LogP contribution >= 0.6 is 12.2 Å². The highest BCUT2D eigenvalue weighted by atomic mass is 32.1. The van der Waals surface area contributed by atoms with E-state index in [0.29, 0.717) is 12.0 Å². The van der Waals surface area contributed by atoms with Crippen LogP contribution in [0.3, 0.4) is 0 Å². The number of hydrogen-bond acceptors (Lipinski definition) is 5. The summed E-state index contributed by atoms with van der Waals surface area (Å²) in [7, 11) is 0. The maximum absolute atomic E-state index is 12.2. The Kier molecular flexibility index (Phi) is 9.34. The molecular formula is C24H29N3O4S. The zero-order valence-corrected chi connectivity index (χ0v) is 19.4. The molecule has 0 bridgehead atoms. The van der Waals surface area contributed by atoms with Gasteiger partial charge in [-0.2, -0.15) is 0 Å². The van der Waals surface area contributed by atoms with Gasteiger partial charge in [-0.25, -0.2) is 0 Å². The minimum absolute atomic E-state index is 0.00653. The third-order valence-electron chi connectivity index (χ3n) is 4.61. The molecule has 0 spiro atoms. The smallest absolute Gasteiger partial charge is 0.306 e. The van der Waals surface area contributed by atoms with Gasteiger partial charge in [-0.1, -0.05) is 63.2 Å². The number of rotatable bonds is 7. The van der Waals surface area contributed by atoms with Crippen molar-refractivity contribution in [1.82, 2.24) is 16.2 Å². The molecule has 0 aliphatic rings. The van der Waals surface area contributed by atoms with Gasteiger partial charge in [0.15, 0.2) is 5.11 Å². The summed E-state index contributed by atoms with van der Waals surface area (Å²) in [5.74, 6) is -1.29. The molecule has 170 valence electrons. The van der Waals surface area contributed by atoms with Crippen LogP contribution in [0.2, 0.25) is 0 Å². The molecule has 7 nitrogen and oxygen atoms in total. The molecule has 0 fully saturated rings. The predicted molar refractivity (Wildman–Crippen MR) is 127 cm³/mol. The van der Waals surface area contributed by atoms with Crippen LogP contribution in [0.15, 0.2) is 54.6 Å². The first kappa shape index (κ1) is 25.0. The number of thiocarbonyl (C=S) groups is 1. The summed E-state index contributed by atoms with van der Waals surface area (Å²) in [5, 5.41) is 2.35. The van der Waals surface area contributed by atoms with Crippen molar-refractivity contribution in [1.29, 1.82) is 0 Å². The summed E-state index contributed by atoms with van der Waals surface area (Å²) in [5.41, 5.74) is 7.55. The Balaban J connectivity index is 1.64. The third-order valence-corrected chi connectivity index (χ3v) is 4.81. The third kappa shape index (κ3) is 8.85. The second kappa shape index (κ2) is 12.0. The lowest BCUT2D eigenvalue weighted by molar-refractivity contribution is -0.144. The summed E-state index contributed by atoms with van der Waals surface area (Å²) in [4.78, 5) is 35.9. The van der Waals surface area contributed by atoms with Crippen molar-refractivity contribution >= 4 is 35.1 Å². The van der Waals surface area contributed by atoms with Crippen LogP contribution in [-0.4, -0.2) is 29.5 Å². The fourth-order valence-corrected chi connectivity index (χ4v) is 2.91. The molecule has 0 aliphatic heterocycles. The van der Waals surface area contributed by atoms with Gasteiger partial charge in [0.1, 0.15) is 0 Å². The zero-order valence-electron chi connectivity index (χ0n) is 18.6. The molecule has 0 aromatic heterocycles. The Bertz CT molecular complexity index is 938. The Hall–Kier alpha value is -3.26. The normalized spacial score (nSPS) is 10.7. The molecule has 2 aromatic carbocycles. The van der Waals surface area contributed by atoms with Gasteiger partial charge in [-0.3, -0.25) is 25.2 Å². The number of esters is 1. The van der Waals surface area contributed by atoms with Crippen molar-refractivity contribution in [3.8, 4) is 0 Å². The summed E-state index contributed by atoms with van der Waals surface area (Å²) in [6, 6.07) is 16.9. The van der Waals surface area contributed by atoms with Crippen LogP contribution in [0, 0.1) is 0 Å². The molecule has 32 heavy (non-hydrogen) atoms. The largest absolute Gasteiger partial charge is 0.465 e. The highest BCUT2D eigenvalue weighted by Gasteiger charge is 2.15. The van der Waals surface area contributed by atoms with E-state index in [-0.39, 0.29) is 35.9 Å². The van der Waals surface area contributed by atoms with Crippen molar-refractivity contribution in [2.45, 2.75) is 45.4 Å². The molecule has 0 unspecified atom stereocenters. The van der Waals surface area contributed by atoms with Crippen LogP contribution in [-0.2, 0) is 26.2 Å². The van der Waals surface area contributed by atoms with Gasteiger partial charge in [-0.05, 0) is 40.9 Å². The standard InChI is InChI=1S/C24H29N3O4S/c1-24(2,3)19-11-9-18(10-12-19)22(30)26-27-23(32)25-20(28)13-14-21(29)31-16-15-17-7-5-4-6-8-17/h4-12H,13-16H2,1-3H3,(H,26,30)(H2,25,27,28,32). The summed E-state index contributed by atoms with van der Waals surface area (Å²) in [6.07, 6.45) is 0.481. The van der Waals surface area contributed by atoms with E-state index in [0.717, 1.165) is 11.1 Å². The van der Waals surface area contributed by atoms with Crippen LogP contribution in [0.25, 0.3) is 0 Å². The van der Waals surface area contributed by atoms with Crippen molar-refractivity contribution in [2.75, 3.05) is 6.61 Å². The number of ether oxygens (including phenoxy) is 1. The van der Waals surface area contributed by atoms with Gasteiger partial charge in [0, 0.05) is 18.4 Å². The molecule has 2 amide bonds. The number of hydrogen-bond donors (Lipinski definition) is 3. The summed E-state index contributed by atoms with van der Waals surface area (Å²) in [6.45, 7) is 6.53. The zero-order chi connectivity index (χ0) is 23.6. The molecule has 0 aliphatic carbocycles. The first-order valence-electron chi connectivity index (χ1n) is 10.4. The van der Waals surface area contributed by atoms with Gasteiger partial charge in [0.25, 0.3) is 5.91 Å². The van der Waals surface area contributed by atoms with E-state index in [1.54, 1.807) is 12.1 Å². The van der Waals surface area contributed by atoms with E-state index in [4.69, 9.17) is 17.0 Å². The molecule has 8 heteroatoms. The van der Waals surface area contributed by atoms with Crippen LogP contribution < -0.4 is 16.2 Å². The quantitative estimate of drug-likeness (QED) is 0.337. The van der Waals surface area contributed by atoms with E-state index in [2.05, 4.69) is 36.9 Å². The van der Waals surface area contributed by atoms with Crippen LogP contribution in [0.4, 0.5) is 0 Å². The average molecular weight is 456 g/mol. The Labute approximate surface area is 193 Å². The fraction of sp³-hybridized carbons (Fsp3) is 0.333. The number of amides is 2. The van der Waals surface area contributed by atoms with E-state index in [1.165, 1.54) is 0 Å². The van der Waals surface area contributed by atoms with Crippen LogP contribution in [0.1, 0.15) is 55.1 Å². The van der Waals surface area contributed by atoms with Crippen molar-refractivity contribution in [3.05, 3.63) is 71.3 Å². The van der Waals surface area contributed by atoms with Gasteiger partial charge < -0.3 is 10.1 Å². The van der Waals surface area contributed by atoms with Gasteiger partial charge in [-0.15, -0.1) is 0 Å². The number of carbonyl (C=O) groups excluding carboxylic acids is 3. The molecule has 0 radical (unpaired) electrons. The lowest BCUT2D eigenvalue weighted by Crippen LogP contribution is -2.48. The number of carbonyl (C=O) groups is 3. The minimum Gasteiger partial charge on any atom is -0.465 e. The topological polar surface area (TPSA) is 96.5 Å².